The van der Waals surface area contributed by atoms with E-state index in [4.69, 9.17) is 10.5 Å². The van der Waals surface area contributed by atoms with Crippen molar-refractivity contribution in [2.45, 2.75) is 71.9 Å². The number of ether oxygens (including phenoxy) is 1. The SMILES string of the molecule is CC1C(=O)OC[C@@](C)(O)C(N)C(C)C(=O)[C@@H]2CC[C@](C)(C2)C[C@@H](C)C1=O. The highest BCUT2D eigenvalue weighted by atomic mass is 16.5. The molecule has 0 radical (unpaired) electrons. The molecule has 3 unspecified atom stereocenters. The van der Waals surface area contributed by atoms with Crippen molar-refractivity contribution >= 4 is 17.5 Å². The molecule has 0 spiro atoms. The van der Waals surface area contributed by atoms with Gasteiger partial charge in [0.25, 0.3) is 0 Å². The lowest BCUT2D eigenvalue weighted by Gasteiger charge is -2.35. The zero-order valence-corrected chi connectivity index (χ0v) is 16.6. The van der Waals surface area contributed by atoms with Gasteiger partial charge >= 0.3 is 5.97 Å². The van der Waals surface area contributed by atoms with E-state index >= 15 is 0 Å². The highest BCUT2D eigenvalue weighted by Gasteiger charge is 2.45. The minimum Gasteiger partial charge on any atom is -0.462 e. The summed E-state index contributed by atoms with van der Waals surface area (Å²) in [6, 6.07) is -0.845. The van der Waals surface area contributed by atoms with E-state index in [-0.39, 0.29) is 35.4 Å². The maximum absolute atomic E-state index is 12.9. The molecule has 1 saturated heterocycles. The monoisotopic (exact) mass is 367 g/mol. The summed E-state index contributed by atoms with van der Waals surface area (Å²) in [5, 5.41) is 10.6. The molecule has 6 nitrogen and oxygen atoms in total. The maximum atomic E-state index is 12.9. The third kappa shape index (κ3) is 4.17. The van der Waals surface area contributed by atoms with Crippen LogP contribution in [-0.4, -0.2) is 40.9 Å². The molecule has 26 heavy (non-hydrogen) atoms. The van der Waals surface area contributed by atoms with Crippen molar-refractivity contribution < 1.29 is 24.2 Å². The van der Waals surface area contributed by atoms with Crippen molar-refractivity contribution in [3.05, 3.63) is 0 Å². The third-order valence-corrected chi connectivity index (χ3v) is 6.52. The quantitative estimate of drug-likeness (QED) is 0.500. The third-order valence-electron chi connectivity index (χ3n) is 6.52. The number of esters is 1. The highest BCUT2D eigenvalue weighted by molar-refractivity contribution is 5.99. The Labute approximate surface area is 155 Å². The molecule has 6 heteroatoms. The molecule has 1 aliphatic heterocycles. The fraction of sp³-hybridized carbons (Fsp3) is 0.850. The van der Waals surface area contributed by atoms with Crippen LogP contribution in [0.2, 0.25) is 0 Å². The van der Waals surface area contributed by atoms with Gasteiger partial charge in [0.15, 0.2) is 0 Å². The molecule has 1 heterocycles. The first kappa shape index (κ1) is 21.0. The van der Waals surface area contributed by atoms with Crippen LogP contribution in [0.5, 0.6) is 0 Å². The number of carbonyl (C=O) groups is 3. The van der Waals surface area contributed by atoms with Crippen LogP contribution in [0.3, 0.4) is 0 Å². The van der Waals surface area contributed by atoms with Gasteiger partial charge in [0.05, 0.1) is 0 Å². The lowest BCUT2D eigenvalue weighted by molar-refractivity contribution is -0.160. The van der Waals surface area contributed by atoms with Gasteiger partial charge in [-0.25, -0.2) is 0 Å². The van der Waals surface area contributed by atoms with E-state index in [2.05, 4.69) is 6.92 Å². The first-order chi connectivity index (χ1) is 11.9. The van der Waals surface area contributed by atoms with E-state index in [1.165, 1.54) is 6.92 Å². The minimum atomic E-state index is -1.54. The zero-order valence-electron chi connectivity index (χ0n) is 16.6. The van der Waals surface area contributed by atoms with Crippen LogP contribution in [0.25, 0.3) is 0 Å². The maximum Gasteiger partial charge on any atom is 0.316 e. The molecule has 148 valence electrons. The average molecular weight is 367 g/mol. The van der Waals surface area contributed by atoms with Crippen molar-refractivity contribution in [3.8, 4) is 0 Å². The first-order valence-electron chi connectivity index (χ1n) is 9.60. The number of nitrogens with two attached hydrogens (primary N) is 1. The van der Waals surface area contributed by atoms with Gasteiger partial charge in [-0.05, 0) is 44.9 Å². The molecule has 2 fully saturated rings. The van der Waals surface area contributed by atoms with E-state index in [1.54, 1.807) is 13.8 Å². The van der Waals surface area contributed by atoms with Gasteiger partial charge in [0.1, 0.15) is 29.7 Å². The smallest absolute Gasteiger partial charge is 0.316 e. The van der Waals surface area contributed by atoms with Gasteiger partial charge in [-0.3, -0.25) is 14.4 Å². The minimum absolute atomic E-state index is 0.0530. The van der Waals surface area contributed by atoms with Gasteiger partial charge in [-0.2, -0.15) is 0 Å². The molecule has 0 aromatic rings. The summed E-state index contributed by atoms with van der Waals surface area (Å²) in [6.07, 6.45) is 3.03. The number of ketones is 2. The number of rotatable bonds is 0. The Morgan fingerprint density at radius 2 is 1.69 bits per heavy atom. The van der Waals surface area contributed by atoms with E-state index in [9.17, 15) is 19.5 Å². The molecule has 0 aromatic heterocycles. The molecule has 2 aliphatic rings. The summed E-state index contributed by atoms with van der Waals surface area (Å²) in [5.74, 6) is -2.53. The number of Topliss-reactive ketones (excluding diaryl/α,β-unsaturated/α-hetero) is 2. The average Bonchev–Trinajstić information content (AvgIpc) is 2.97. The molecule has 1 aliphatic carbocycles. The van der Waals surface area contributed by atoms with Crippen LogP contribution in [-0.2, 0) is 19.1 Å². The van der Waals surface area contributed by atoms with Gasteiger partial charge < -0.3 is 15.6 Å². The summed E-state index contributed by atoms with van der Waals surface area (Å²) in [4.78, 5) is 37.8. The topological polar surface area (TPSA) is 107 Å². The van der Waals surface area contributed by atoms with Gasteiger partial charge in [-0.1, -0.05) is 20.8 Å². The van der Waals surface area contributed by atoms with Crippen molar-refractivity contribution in [2.75, 3.05) is 6.61 Å². The van der Waals surface area contributed by atoms with Crippen LogP contribution in [0.15, 0.2) is 0 Å². The molecule has 3 N–H and O–H groups in total. The standard InChI is InChI=1S/C20H33NO5/c1-11-8-19(4)7-6-14(9-19)16(23)12(2)17(21)20(5,25)10-26-18(24)13(3)15(11)22/h11-14,17,25H,6-10,21H2,1-5H3/t11-,12?,13?,14-,17?,19+,20-/m1/s1. The Kier molecular flexibility index (Phi) is 5.98. The predicted octanol–water partition coefficient (Wildman–Crippen LogP) is 1.86. The fourth-order valence-electron chi connectivity index (χ4n) is 4.66. The molecule has 2 rings (SSSR count). The largest absolute Gasteiger partial charge is 0.462 e. The first-order valence-corrected chi connectivity index (χ1v) is 9.60. The molecule has 2 bridgehead atoms. The van der Waals surface area contributed by atoms with Crippen molar-refractivity contribution in [1.29, 1.82) is 0 Å². The second-order valence-electron chi connectivity index (χ2n) is 9.16. The van der Waals surface area contributed by atoms with E-state index < -0.39 is 29.4 Å². The fourth-order valence-corrected chi connectivity index (χ4v) is 4.66. The highest BCUT2D eigenvalue weighted by Crippen LogP contribution is 2.47. The summed E-state index contributed by atoms with van der Waals surface area (Å²) < 4.78 is 5.18. The van der Waals surface area contributed by atoms with E-state index in [1.807, 2.05) is 6.92 Å². The van der Waals surface area contributed by atoms with E-state index in [0.717, 1.165) is 19.3 Å². The Morgan fingerprint density at radius 3 is 2.31 bits per heavy atom. The summed E-state index contributed by atoms with van der Waals surface area (Å²) in [5.41, 5.74) is 4.52. The van der Waals surface area contributed by atoms with Crippen molar-refractivity contribution in [3.63, 3.8) is 0 Å². The van der Waals surface area contributed by atoms with E-state index in [0.29, 0.717) is 6.42 Å². The Morgan fingerprint density at radius 1 is 1.08 bits per heavy atom. The van der Waals surface area contributed by atoms with Crippen molar-refractivity contribution in [1.82, 2.24) is 0 Å². The van der Waals surface area contributed by atoms with Crippen molar-refractivity contribution in [2.24, 2.45) is 34.8 Å². The summed E-state index contributed by atoms with van der Waals surface area (Å²) >= 11 is 0. The number of fused-ring (bicyclic) bond motifs is 2. The molecular formula is C20H33NO5. The predicted molar refractivity (Wildman–Crippen MR) is 97.1 cm³/mol. The van der Waals surface area contributed by atoms with Crippen LogP contribution in [0, 0.1) is 29.1 Å². The van der Waals surface area contributed by atoms with Crippen LogP contribution in [0.1, 0.15) is 60.3 Å². The molecular weight excluding hydrogens is 334 g/mol. The van der Waals surface area contributed by atoms with Crippen LogP contribution >= 0.6 is 0 Å². The molecule has 1 saturated carbocycles. The number of cyclic esters (lactones) is 1. The lowest BCUT2D eigenvalue weighted by Crippen LogP contribution is -2.55. The Balaban J connectivity index is 2.33. The zero-order chi connectivity index (χ0) is 19.9. The van der Waals surface area contributed by atoms with Gasteiger partial charge in [-0.15, -0.1) is 0 Å². The van der Waals surface area contributed by atoms with Crippen LogP contribution in [0.4, 0.5) is 0 Å². The Bertz CT molecular complexity index is 587. The van der Waals surface area contributed by atoms with Gasteiger partial charge in [0.2, 0.25) is 0 Å². The molecule has 7 atom stereocenters. The molecule has 0 amide bonds. The summed E-state index contributed by atoms with van der Waals surface area (Å²) in [6.45, 7) is 8.37. The normalized spacial score (nSPS) is 46.0. The number of carbonyl (C=O) groups excluding carboxylic acids is 3. The number of hydrogen-bond acceptors (Lipinski definition) is 6. The lowest BCUT2D eigenvalue weighted by atomic mass is 9.75. The number of aliphatic hydroxyl groups is 1. The summed E-state index contributed by atoms with van der Waals surface area (Å²) in [7, 11) is 0. The number of hydrogen-bond donors (Lipinski definition) is 2. The van der Waals surface area contributed by atoms with Crippen LogP contribution < -0.4 is 5.73 Å². The Hall–Kier alpha value is -1.27. The second kappa shape index (κ2) is 7.39. The molecule has 0 aromatic carbocycles. The second-order valence-corrected chi connectivity index (χ2v) is 9.16. The van der Waals surface area contributed by atoms with Gasteiger partial charge in [0, 0.05) is 23.8 Å².